The molecule has 0 aliphatic heterocycles. The van der Waals surface area contributed by atoms with E-state index in [2.05, 4.69) is 96.3 Å². The second-order valence-electron chi connectivity index (χ2n) is 16.6. The first-order valence-electron chi connectivity index (χ1n) is 22.3. The van der Waals surface area contributed by atoms with Crippen LogP contribution in [0.15, 0.2) is 48.6 Å². The van der Waals surface area contributed by atoms with Gasteiger partial charge in [-0.15, -0.1) is 0 Å². The Balaban J connectivity index is 4.31. The predicted octanol–water partition coefficient (Wildman–Crippen LogP) is 15.9. The van der Waals surface area contributed by atoms with E-state index in [1.165, 1.54) is 128 Å². The second kappa shape index (κ2) is 36.4. The molecule has 0 aromatic carbocycles. The molecule has 0 saturated heterocycles. The van der Waals surface area contributed by atoms with Crippen molar-refractivity contribution in [2.75, 3.05) is 26.3 Å². The van der Waals surface area contributed by atoms with Crippen molar-refractivity contribution < 1.29 is 14.0 Å². The van der Waals surface area contributed by atoms with Crippen LogP contribution in [0.3, 0.4) is 0 Å². The monoisotopic (exact) mass is 744 g/mol. The number of carbonyl (C=O) groups excluding carboxylic acids is 1. The van der Waals surface area contributed by atoms with Crippen molar-refractivity contribution in [2.24, 2.45) is 0 Å². The van der Waals surface area contributed by atoms with Crippen molar-refractivity contribution in [3.63, 3.8) is 0 Å². The molecule has 1 amide bonds. The lowest BCUT2D eigenvalue weighted by molar-refractivity contribution is 0.0976. The minimum atomic E-state index is -1.72. The van der Waals surface area contributed by atoms with Gasteiger partial charge in [0.05, 0.1) is 6.61 Å². The van der Waals surface area contributed by atoms with Gasteiger partial charge in [-0.2, -0.15) is 0 Å². The molecule has 0 bridgehead atoms. The van der Waals surface area contributed by atoms with Crippen molar-refractivity contribution in [1.82, 2.24) is 4.90 Å². The zero-order valence-electron chi connectivity index (χ0n) is 36.0. The molecule has 0 heterocycles. The van der Waals surface area contributed by atoms with Gasteiger partial charge in [0.1, 0.15) is 0 Å². The molecule has 0 spiro atoms. The molecule has 0 atom stereocenters. The Hall–Kier alpha value is -1.59. The van der Waals surface area contributed by atoms with Crippen LogP contribution in [0.1, 0.15) is 202 Å². The fraction of sp³-hybridized carbons (Fsp3) is 0.809. The van der Waals surface area contributed by atoms with Gasteiger partial charge in [0.15, 0.2) is 8.32 Å². The molecule has 0 aliphatic rings. The molecule has 0 aromatic rings. The molecule has 0 fully saturated rings. The van der Waals surface area contributed by atoms with E-state index in [4.69, 9.17) is 9.16 Å². The van der Waals surface area contributed by atoms with Gasteiger partial charge >= 0.3 is 6.09 Å². The zero-order valence-corrected chi connectivity index (χ0v) is 37.0. The molecule has 4 nitrogen and oxygen atoms in total. The van der Waals surface area contributed by atoms with Gasteiger partial charge in [0.25, 0.3) is 0 Å². The smallest absolute Gasteiger partial charge is 0.409 e. The number of unbranched alkanes of at least 4 members (excludes halogenated alkanes) is 19. The van der Waals surface area contributed by atoms with E-state index in [0.29, 0.717) is 6.61 Å². The van der Waals surface area contributed by atoms with Crippen molar-refractivity contribution >= 4 is 14.4 Å². The van der Waals surface area contributed by atoms with Crippen LogP contribution in [0.2, 0.25) is 18.1 Å². The third kappa shape index (κ3) is 33.0. The van der Waals surface area contributed by atoms with Gasteiger partial charge in [-0.05, 0) is 108 Å². The van der Waals surface area contributed by atoms with E-state index in [-0.39, 0.29) is 11.1 Å². The van der Waals surface area contributed by atoms with Crippen LogP contribution in [0.25, 0.3) is 0 Å². The Kier molecular flexibility index (Phi) is 35.3. The van der Waals surface area contributed by atoms with Crippen LogP contribution >= 0.6 is 0 Å². The van der Waals surface area contributed by atoms with Crippen molar-refractivity contribution in [1.29, 1.82) is 0 Å². The minimum absolute atomic E-state index is 0.115. The molecular weight excluding hydrogens is 655 g/mol. The lowest BCUT2D eigenvalue weighted by Gasteiger charge is -2.36. The molecule has 5 heteroatoms. The lowest BCUT2D eigenvalue weighted by atomic mass is 10.1. The average molecular weight is 744 g/mol. The van der Waals surface area contributed by atoms with Gasteiger partial charge in [0, 0.05) is 19.7 Å². The lowest BCUT2D eigenvalue weighted by Crippen LogP contribution is -2.41. The molecule has 0 rings (SSSR count). The highest BCUT2D eigenvalue weighted by molar-refractivity contribution is 6.74. The molecule has 0 saturated carbocycles. The summed E-state index contributed by atoms with van der Waals surface area (Å²) in [7, 11) is -1.72. The summed E-state index contributed by atoms with van der Waals surface area (Å²) < 4.78 is 12.1. The molecular formula is C47H89NO3Si. The van der Waals surface area contributed by atoms with E-state index in [1.807, 2.05) is 4.90 Å². The fourth-order valence-corrected chi connectivity index (χ4v) is 6.96. The third-order valence-corrected chi connectivity index (χ3v) is 15.1. The Labute approximate surface area is 326 Å². The Bertz CT molecular complexity index is 853. The molecule has 52 heavy (non-hydrogen) atoms. The molecule has 0 unspecified atom stereocenters. The number of carbonyl (C=O) groups is 1. The number of nitrogens with zero attached hydrogens (tertiary/aromatic N) is 1. The van der Waals surface area contributed by atoms with E-state index in [9.17, 15) is 4.79 Å². The standard InChI is InChI=1S/C47H89NO3Si/c1-8-10-12-14-16-18-20-22-24-26-28-30-32-34-36-38-42-48(46(49)50-44-40-41-45-51-52(6,7)47(3,4)5)43-39-37-35-33-31-29-27-25-23-21-19-17-15-13-11-9-2/h16-19,22-25H,8-15,20-21,26-45H2,1-7H3. The Morgan fingerprint density at radius 3 is 1.27 bits per heavy atom. The van der Waals surface area contributed by atoms with E-state index < -0.39 is 8.32 Å². The van der Waals surface area contributed by atoms with Gasteiger partial charge < -0.3 is 14.1 Å². The van der Waals surface area contributed by atoms with Crippen LogP contribution in [0.4, 0.5) is 4.79 Å². The third-order valence-electron chi connectivity index (χ3n) is 10.5. The maximum Gasteiger partial charge on any atom is 0.409 e. The van der Waals surface area contributed by atoms with Gasteiger partial charge in [-0.3, -0.25) is 0 Å². The van der Waals surface area contributed by atoms with Crippen molar-refractivity contribution in [3.8, 4) is 0 Å². The average Bonchev–Trinajstić information content (AvgIpc) is 3.11. The summed E-state index contributed by atoms with van der Waals surface area (Å²) in [6, 6.07) is 0. The highest BCUT2D eigenvalue weighted by atomic mass is 28.4. The van der Waals surface area contributed by atoms with Gasteiger partial charge in [-0.1, -0.05) is 160 Å². The van der Waals surface area contributed by atoms with Crippen LogP contribution in [0.5, 0.6) is 0 Å². The summed E-state index contributed by atoms with van der Waals surface area (Å²) in [6.07, 6.45) is 50.1. The Morgan fingerprint density at radius 1 is 0.500 bits per heavy atom. The summed E-state index contributed by atoms with van der Waals surface area (Å²) in [5.41, 5.74) is 0. The van der Waals surface area contributed by atoms with E-state index >= 15 is 0 Å². The van der Waals surface area contributed by atoms with Crippen LogP contribution < -0.4 is 0 Å². The highest BCUT2D eigenvalue weighted by Crippen LogP contribution is 2.36. The molecule has 0 N–H and O–H groups in total. The van der Waals surface area contributed by atoms with Crippen molar-refractivity contribution in [2.45, 2.75) is 220 Å². The summed E-state index contributed by atoms with van der Waals surface area (Å²) in [5, 5.41) is 0.226. The first kappa shape index (κ1) is 50.4. The van der Waals surface area contributed by atoms with E-state index in [1.54, 1.807) is 0 Å². The number of allylic oxidation sites excluding steroid dienone is 8. The second-order valence-corrected chi connectivity index (χ2v) is 21.4. The zero-order chi connectivity index (χ0) is 38.4. The fourth-order valence-electron chi connectivity index (χ4n) is 5.87. The molecule has 0 aromatic heterocycles. The number of amides is 1. The molecule has 0 radical (unpaired) electrons. The molecule has 0 aliphatic carbocycles. The minimum Gasteiger partial charge on any atom is -0.449 e. The maximum absolute atomic E-state index is 13.1. The van der Waals surface area contributed by atoms with Crippen molar-refractivity contribution in [3.05, 3.63) is 48.6 Å². The van der Waals surface area contributed by atoms with E-state index in [0.717, 1.165) is 58.2 Å². The SMILES string of the molecule is CCCCCC=CCC=CCCCCCCCCN(CCCCCCCCC=CCC=CCCCCC)C(=O)OCCCCO[Si](C)(C)C(C)(C)C. The molecule has 304 valence electrons. The maximum atomic E-state index is 13.1. The first-order chi connectivity index (χ1) is 25.2. The first-order valence-corrected chi connectivity index (χ1v) is 25.2. The number of hydrogen-bond donors (Lipinski definition) is 0. The summed E-state index contributed by atoms with van der Waals surface area (Å²) >= 11 is 0. The number of ether oxygens (including phenoxy) is 1. The van der Waals surface area contributed by atoms with Crippen LogP contribution in [-0.4, -0.2) is 45.6 Å². The number of hydrogen-bond acceptors (Lipinski definition) is 3. The quantitative estimate of drug-likeness (QED) is 0.0364. The summed E-state index contributed by atoms with van der Waals surface area (Å²) in [6.45, 7) is 18.8. The largest absolute Gasteiger partial charge is 0.449 e. The highest BCUT2D eigenvalue weighted by Gasteiger charge is 2.36. The topological polar surface area (TPSA) is 38.8 Å². The normalized spacial score (nSPS) is 12.8. The summed E-state index contributed by atoms with van der Waals surface area (Å²) in [5.74, 6) is 0. The number of rotatable bonds is 36. The van der Waals surface area contributed by atoms with Gasteiger partial charge in [0.2, 0.25) is 0 Å². The predicted molar refractivity (Wildman–Crippen MR) is 234 cm³/mol. The Morgan fingerprint density at radius 2 is 0.865 bits per heavy atom. The van der Waals surface area contributed by atoms with Gasteiger partial charge in [-0.25, -0.2) is 4.79 Å². The van der Waals surface area contributed by atoms with Crippen LogP contribution in [0, 0.1) is 0 Å². The van der Waals surface area contributed by atoms with Crippen LogP contribution in [-0.2, 0) is 9.16 Å². The summed E-state index contributed by atoms with van der Waals surface area (Å²) in [4.78, 5) is 15.1.